The van der Waals surface area contributed by atoms with Crippen molar-refractivity contribution < 1.29 is 19.1 Å². The lowest BCUT2D eigenvalue weighted by Gasteiger charge is -2.30. The summed E-state index contributed by atoms with van der Waals surface area (Å²) in [5.41, 5.74) is 2.77. The third kappa shape index (κ3) is 7.21. The summed E-state index contributed by atoms with van der Waals surface area (Å²) in [6.45, 7) is 8.48. The molecule has 0 spiro atoms. The van der Waals surface area contributed by atoms with Gasteiger partial charge in [0.15, 0.2) is 0 Å². The molecule has 2 rings (SSSR count). The molecule has 5 heteroatoms. The largest absolute Gasteiger partial charge is 0.459 e. The third-order valence-electron chi connectivity index (χ3n) is 4.94. The molecule has 0 saturated heterocycles. The summed E-state index contributed by atoms with van der Waals surface area (Å²) in [7, 11) is 0. The van der Waals surface area contributed by atoms with E-state index in [1.165, 1.54) is 5.56 Å². The Morgan fingerprint density at radius 3 is 2.20 bits per heavy atom. The number of carbonyl (C=O) groups is 2. The van der Waals surface area contributed by atoms with Gasteiger partial charge in [-0.2, -0.15) is 0 Å². The van der Waals surface area contributed by atoms with E-state index in [1.54, 1.807) is 11.8 Å². The van der Waals surface area contributed by atoms with Crippen LogP contribution in [-0.4, -0.2) is 35.7 Å². The molecule has 0 radical (unpaired) electrons. The molecule has 162 valence electrons. The first kappa shape index (κ1) is 23.5. The van der Waals surface area contributed by atoms with Crippen LogP contribution >= 0.6 is 0 Å². The Kier molecular flexibility index (Phi) is 9.39. The molecule has 30 heavy (non-hydrogen) atoms. The summed E-state index contributed by atoms with van der Waals surface area (Å²) < 4.78 is 10.9. The molecule has 0 bridgehead atoms. The van der Waals surface area contributed by atoms with Crippen molar-refractivity contribution in [1.29, 1.82) is 0 Å². The minimum atomic E-state index is -0.362. The zero-order chi connectivity index (χ0) is 21.9. The highest BCUT2D eigenvalue weighted by molar-refractivity contribution is 5.89. The molecule has 0 N–H and O–H groups in total. The van der Waals surface area contributed by atoms with E-state index in [0.29, 0.717) is 25.1 Å². The van der Waals surface area contributed by atoms with Gasteiger partial charge in [0.2, 0.25) is 0 Å². The van der Waals surface area contributed by atoms with Gasteiger partial charge in [-0.1, -0.05) is 55.8 Å². The van der Waals surface area contributed by atoms with E-state index in [4.69, 9.17) is 9.47 Å². The lowest BCUT2D eigenvalue weighted by Crippen LogP contribution is -2.40. The monoisotopic (exact) mass is 411 g/mol. The van der Waals surface area contributed by atoms with Crippen LogP contribution in [0.1, 0.15) is 62.0 Å². The highest BCUT2D eigenvalue weighted by Crippen LogP contribution is 2.17. The SMILES string of the molecule is CCCc1ccc(C(=O)OC(C)CC(C)N(Cc2ccccc2)C(=O)OCC)cc1. The van der Waals surface area contributed by atoms with E-state index in [0.717, 1.165) is 18.4 Å². The highest BCUT2D eigenvalue weighted by Gasteiger charge is 2.24. The number of hydrogen-bond donors (Lipinski definition) is 0. The van der Waals surface area contributed by atoms with Crippen molar-refractivity contribution in [3.8, 4) is 0 Å². The van der Waals surface area contributed by atoms with E-state index in [1.807, 2.05) is 68.4 Å². The summed E-state index contributed by atoms with van der Waals surface area (Å²) in [4.78, 5) is 26.7. The first-order valence-corrected chi connectivity index (χ1v) is 10.7. The number of nitrogens with zero attached hydrogens (tertiary/aromatic N) is 1. The predicted molar refractivity (Wildman–Crippen MR) is 118 cm³/mol. The Balaban J connectivity index is 1.98. The van der Waals surface area contributed by atoms with E-state index in [9.17, 15) is 9.59 Å². The molecule has 0 aliphatic heterocycles. The second-order valence-electron chi connectivity index (χ2n) is 7.56. The maximum atomic E-state index is 12.5. The number of amides is 1. The van der Waals surface area contributed by atoms with Gasteiger partial charge in [-0.25, -0.2) is 9.59 Å². The number of rotatable bonds is 10. The number of aryl methyl sites for hydroxylation is 1. The van der Waals surface area contributed by atoms with E-state index < -0.39 is 0 Å². The second-order valence-corrected chi connectivity index (χ2v) is 7.56. The molecule has 2 atom stereocenters. The molecule has 2 aromatic carbocycles. The van der Waals surface area contributed by atoms with Gasteiger partial charge in [-0.05, 0) is 50.5 Å². The fourth-order valence-corrected chi connectivity index (χ4v) is 3.39. The summed E-state index contributed by atoms with van der Waals surface area (Å²) in [6, 6.07) is 17.2. The van der Waals surface area contributed by atoms with Crippen LogP contribution in [0, 0.1) is 0 Å². The van der Waals surface area contributed by atoms with Crippen molar-refractivity contribution in [2.45, 2.75) is 65.6 Å². The van der Waals surface area contributed by atoms with Gasteiger partial charge in [-0.3, -0.25) is 0 Å². The van der Waals surface area contributed by atoms with Gasteiger partial charge in [0.25, 0.3) is 0 Å². The molecule has 0 heterocycles. The van der Waals surface area contributed by atoms with E-state index >= 15 is 0 Å². The maximum Gasteiger partial charge on any atom is 0.410 e. The van der Waals surface area contributed by atoms with Crippen LogP contribution in [0.25, 0.3) is 0 Å². The highest BCUT2D eigenvalue weighted by atomic mass is 16.6. The molecule has 0 aliphatic carbocycles. The zero-order valence-corrected chi connectivity index (χ0v) is 18.5. The van der Waals surface area contributed by atoms with Gasteiger partial charge >= 0.3 is 12.1 Å². The number of ether oxygens (including phenoxy) is 2. The minimum Gasteiger partial charge on any atom is -0.459 e. The predicted octanol–water partition coefficient (Wildman–Crippen LogP) is 5.62. The Labute approximate surface area is 180 Å². The number of hydrogen-bond acceptors (Lipinski definition) is 4. The van der Waals surface area contributed by atoms with Crippen LogP contribution in [-0.2, 0) is 22.4 Å². The summed E-state index contributed by atoms with van der Waals surface area (Å²) >= 11 is 0. The lowest BCUT2D eigenvalue weighted by molar-refractivity contribution is 0.0244. The van der Waals surface area contributed by atoms with Gasteiger partial charge in [0.1, 0.15) is 6.10 Å². The van der Waals surface area contributed by atoms with Crippen LogP contribution < -0.4 is 0 Å². The minimum absolute atomic E-state index is 0.154. The van der Waals surface area contributed by atoms with Crippen molar-refractivity contribution in [2.75, 3.05) is 6.61 Å². The average molecular weight is 412 g/mol. The normalized spacial score (nSPS) is 12.7. The molecule has 5 nitrogen and oxygen atoms in total. The number of carbonyl (C=O) groups excluding carboxylic acids is 2. The molecule has 2 aromatic rings. The molecule has 0 aliphatic rings. The summed E-state index contributed by atoms with van der Waals surface area (Å²) in [5.74, 6) is -0.344. The smallest absolute Gasteiger partial charge is 0.410 e. The molecule has 0 aromatic heterocycles. The number of benzene rings is 2. The summed E-state index contributed by atoms with van der Waals surface area (Å²) in [5, 5.41) is 0. The molecule has 1 amide bonds. The maximum absolute atomic E-state index is 12.5. The van der Waals surface area contributed by atoms with E-state index in [-0.39, 0.29) is 24.2 Å². The van der Waals surface area contributed by atoms with Crippen molar-refractivity contribution >= 4 is 12.1 Å². The Hall–Kier alpha value is -2.82. The van der Waals surface area contributed by atoms with Gasteiger partial charge in [0, 0.05) is 19.0 Å². The molecular formula is C25H33NO4. The van der Waals surface area contributed by atoms with Gasteiger partial charge < -0.3 is 14.4 Å². The molecule has 0 saturated carbocycles. The van der Waals surface area contributed by atoms with Crippen molar-refractivity contribution in [1.82, 2.24) is 4.90 Å². The van der Waals surface area contributed by atoms with Crippen LogP contribution in [0.3, 0.4) is 0 Å². The van der Waals surface area contributed by atoms with Crippen molar-refractivity contribution in [3.05, 3.63) is 71.3 Å². The summed E-state index contributed by atoms with van der Waals surface area (Å²) in [6.07, 6.45) is 1.88. The van der Waals surface area contributed by atoms with Crippen molar-refractivity contribution in [2.24, 2.45) is 0 Å². The molecule has 2 unspecified atom stereocenters. The first-order valence-electron chi connectivity index (χ1n) is 10.7. The standard InChI is InChI=1S/C25H33NO4/c1-5-10-21-13-15-23(16-14-21)24(27)30-20(4)17-19(3)26(25(28)29-6-2)18-22-11-8-7-9-12-22/h7-9,11-16,19-20H,5-6,10,17-18H2,1-4H3. The zero-order valence-electron chi connectivity index (χ0n) is 18.5. The van der Waals surface area contributed by atoms with E-state index in [2.05, 4.69) is 6.92 Å². The molecular weight excluding hydrogens is 378 g/mol. The van der Waals surface area contributed by atoms with Gasteiger partial charge in [-0.15, -0.1) is 0 Å². The fourth-order valence-electron chi connectivity index (χ4n) is 3.39. The van der Waals surface area contributed by atoms with Crippen LogP contribution in [0.2, 0.25) is 0 Å². The van der Waals surface area contributed by atoms with Gasteiger partial charge in [0.05, 0.1) is 12.2 Å². The Morgan fingerprint density at radius 2 is 1.60 bits per heavy atom. The van der Waals surface area contributed by atoms with Crippen LogP contribution in [0.15, 0.2) is 54.6 Å². The number of esters is 1. The lowest BCUT2D eigenvalue weighted by atomic mass is 10.1. The fraction of sp³-hybridized carbons (Fsp3) is 0.440. The van der Waals surface area contributed by atoms with Crippen LogP contribution in [0.5, 0.6) is 0 Å². The Bertz CT molecular complexity index is 789. The second kappa shape index (κ2) is 12.0. The quantitative estimate of drug-likeness (QED) is 0.476. The topological polar surface area (TPSA) is 55.8 Å². The Morgan fingerprint density at radius 1 is 0.933 bits per heavy atom. The van der Waals surface area contributed by atoms with Crippen molar-refractivity contribution in [3.63, 3.8) is 0 Å². The molecule has 0 fully saturated rings. The first-order chi connectivity index (χ1) is 14.4. The average Bonchev–Trinajstić information content (AvgIpc) is 2.73. The van der Waals surface area contributed by atoms with Crippen LogP contribution in [0.4, 0.5) is 4.79 Å². The third-order valence-corrected chi connectivity index (χ3v) is 4.94.